The molecule has 1 unspecified atom stereocenters. The molecule has 1 aliphatic heterocycles. The first kappa shape index (κ1) is 12.9. The van der Waals surface area contributed by atoms with E-state index in [4.69, 9.17) is 4.74 Å². The number of hydrogen-bond donors (Lipinski definition) is 1. The molecule has 0 amide bonds. The number of hydrogen-bond acceptors (Lipinski definition) is 4. The number of nitrogens with one attached hydrogen (secondary N) is 1. The van der Waals surface area contributed by atoms with Gasteiger partial charge in [0.15, 0.2) is 0 Å². The number of nitrogens with zero attached hydrogens (tertiary/aromatic N) is 1. The Labute approximate surface area is 118 Å². The third kappa shape index (κ3) is 3.25. The Hall–Kier alpha value is -1.13. The predicted octanol–water partition coefficient (Wildman–Crippen LogP) is 3.45. The molecule has 4 heteroatoms. The zero-order valence-electron chi connectivity index (χ0n) is 11.1. The summed E-state index contributed by atoms with van der Waals surface area (Å²) in [6.45, 7) is 3.15. The SMILES string of the molecule is c1ccc2c(OCCCC3CCCNC3)nsc2c1. The third-order valence-corrected chi connectivity index (χ3v) is 4.55. The largest absolute Gasteiger partial charge is 0.477 e. The first-order chi connectivity index (χ1) is 9.43. The van der Waals surface area contributed by atoms with E-state index < -0.39 is 0 Å². The van der Waals surface area contributed by atoms with Crippen LogP contribution in [0.4, 0.5) is 0 Å². The minimum absolute atomic E-state index is 0.782. The summed E-state index contributed by atoms with van der Waals surface area (Å²) in [5.41, 5.74) is 0. The summed E-state index contributed by atoms with van der Waals surface area (Å²) in [6, 6.07) is 8.25. The van der Waals surface area contributed by atoms with Gasteiger partial charge in [-0.15, -0.1) is 0 Å². The summed E-state index contributed by atoms with van der Waals surface area (Å²) in [4.78, 5) is 0. The number of aromatic nitrogens is 1. The van der Waals surface area contributed by atoms with Gasteiger partial charge in [0.1, 0.15) is 0 Å². The quantitative estimate of drug-likeness (QED) is 0.849. The monoisotopic (exact) mass is 276 g/mol. The molecule has 0 aliphatic carbocycles. The second-order valence-corrected chi connectivity index (χ2v) is 5.99. The second kappa shape index (κ2) is 6.35. The van der Waals surface area contributed by atoms with Crippen LogP contribution in [0.5, 0.6) is 5.88 Å². The van der Waals surface area contributed by atoms with Crippen molar-refractivity contribution in [3.8, 4) is 5.88 Å². The van der Waals surface area contributed by atoms with E-state index in [1.54, 1.807) is 0 Å². The fraction of sp³-hybridized carbons (Fsp3) is 0.533. The zero-order chi connectivity index (χ0) is 12.9. The van der Waals surface area contributed by atoms with Crippen LogP contribution < -0.4 is 10.1 Å². The summed E-state index contributed by atoms with van der Waals surface area (Å²) in [5, 5.41) is 4.61. The van der Waals surface area contributed by atoms with Crippen molar-refractivity contribution in [1.82, 2.24) is 9.69 Å². The van der Waals surface area contributed by atoms with Crippen LogP contribution in [-0.2, 0) is 0 Å². The van der Waals surface area contributed by atoms with E-state index in [1.165, 1.54) is 48.6 Å². The Morgan fingerprint density at radius 3 is 3.21 bits per heavy atom. The molecule has 0 saturated carbocycles. The van der Waals surface area contributed by atoms with Crippen LogP contribution in [0.15, 0.2) is 24.3 Å². The van der Waals surface area contributed by atoms with Gasteiger partial charge in [0.2, 0.25) is 5.88 Å². The van der Waals surface area contributed by atoms with E-state index >= 15 is 0 Å². The van der Waals surface area contributed by atoms with E-state index in [9.17, 15) is 0 Å². The maximum atomic E-state index is 5.83. The van der Waals surface area contributed by atoms with Crippen molar-refractivity contribution < 1.29 is 4.74 Å². The van der Waals surface area contributed by atoms with Crippen LogP contribution >= 0.6 is 11.5 Å². The van der Waals surface area contributed by atoms with Crippen molar-refractivity contribution in [2.45, 2.75) is 25.7 Å². The molecule has 102 valence electrons. The molecule has 2 heterocycles. The van der Waals surface area contributed by atoms with Gasteiger partial charge < -0.3 is 10.1 Å². The molecular formula is C15H20N2OS. The molecule has 19 heavy (non-hydrogen) atoms. The molecule has 0 bridgehead atoms. The highest BCUT2D eigenvalue weighted by molar-refractivity contribution is 7.13. The maximum absolute atomic E-state index is 5.83. The van der Waals surface area contributed by atoms with E-state index in [0.29, 0.717) is 0 Å². The minimum Gasteiger partial charge on any atom is -0.477 e. The molecule has 1 N–H and O–H groups in total. The van der Waals surface area contributed by atoms with Crippen LogP contribution in [0.25, 0.3) is 10.1 Å². The van der Waals surface area contributed by atoms with E-state index in [0.717, 1.165) is 30.2 Å². The Bertz CT molecular complexity index is 520. The molecule has 1 atom stereocenters. The predicted molar refractivity (Wildman–Crippen MR) is 79.9 cm³/mol. The van der Waals surface area contributed by atoms with E-state index in [1.807, 2.05) is 12.1 Å². The lowest BCUT2D eigenvalue weighted by Gasteiger charge is -2.22. The molecule has 3 rings (SSSR count). The van der Waals surface area contributed by atoms with Crippen LogP contribution in [0.1, 0.15) is 25.7 Å². The van der Waals surface area contributed by atoms with Crippen molar-refractivity contribution in [2.24, 2.45) is 5.92 Å². The summed E-state index contributed by atoms with van der Waals surface area (Å²) >= 11 is 1.52. The maximum Gasteiger partial charge on any atom is 0.233 e. The van der Waals surface area contributed by atoms with Crippen molar-refractivity contribution >= 4 is 21.6 Å². The van der Waals surface area contributed by atoms with Gasteiger partial charge in [-0.2, -0.15) is 4.37 Å². The number of ether oxygens (including phenoxy) is 1. The fourth-order valence-electron chi connectivity index (χ4n) is 2.68. The van der Waals surface area contributed by atoms with Crippen molar-refractivity contribution in [3.63, 3.8) is 0 Å². The molecule has 1 aromatic carbocycles. The number of piperidine rings is 1. The average Bonchev–Trinajstić information content (AvgIpc) is 2.88. The molecular weight excluding hydrogens is 256 g/mol. The highest BCUT2D eigenvalue weighted by Gasteiger charge is 2.12. The Morgan fingerprint density at radius 2 is 2.32 bits per heavy atom. The molecule has 1 saturated heterocycles. The first-order valence-electron chi connectivity index (χ1n) is 7.11. The van der Waals surface area contributed by atoms with Crippen LogP contribution in [0.2, 0.25) is 0 Å². The number of rotatable bonds is 5. The lowest BCUT2D eigenvalue weighted by atomic mass is 9.95. The van der Waals surface area contributed by atoms with Crippen LogP contribution in [0.3, 0.4) is 0 Å². The van der Waals surface area contributed by atoms with Gasteiger partial charge in [0, 0.05) is 0 Å². The van der Waals surface area contributed by atoms with Crippen LogP contribution in [0, 0.1) is 5.92 Å². The average molecular weight is 276 g/mol. The summed E-state index contributed by atoms with van der Waals surface area (Å²) in [5.74, 6) is 1.65. The molecule has 3 nitrogen and oxygen atoms in total. The molecule has 1 fully saturated rings. The van der Waals surface area contributed by atoms with Crippen molar-refractivity contribution in [2.75, 3.05) is 19.7 Å². The third-order valence-electron chi connectivity index (χ3n) is 3.74. The summed E-state index contributed by atoms with van der Waals surface area (Å²) in [6.07, 6.45) is 5.07. The fourth-order valence-corrected chi connectivity index (χ4v) is 3.40. The highest BCUT2D eigenvalue weighted by Crippen LogP contribution is 2.28. The van der Waals surface area contributed by atoms with E-state index in [2.05, 4.69) is 21.8 Å². The van der Waals surface area contributed by atoms with Gasteiger partial charge in [-0.1, -0.05) is 12.1 Å². The van der Waals surface area contributed by atoms with Crippen LogP contribution in [-0.4, -0.2) is 24.1 Å². The highest BCUT2D eigenvalue weighted by atomic mass is 32.1. The minimum atomic E-state index is 0.782. The Kier molecular flexibility index (Phi) is 4.30. The Balaban J connectivity index is 1.47. The number of benzene rings is 1. The molecule has 1 aromatic heterocycles. The molecule has 0 spiro atoms. The lowest BCUT2D eigenvalue weighted by molar-refractivity contribution is 0.272. The van der Waals surface area contributed by atoms with Gasteiger partial charge in [-0.3, -0.25) is 0 Å². The van der Waals surface area contributed by atoms with Crippen molar-refractivity contribution in [1.29, 1.82) is 0 Å². The molecule has 1 aliphatic rings. The topological polar surface area (TPSA) is 34.1 Å². The second-order valence-electron chi connectivity index (χ2n) is 5.19. The van der Waals surface area contributed by atoms with E-state index in [-0.39, 0.29) is 0 Å². The Morgan fingerprint density at radius 1 is 1.37 bits per heavy atom. The molecule has 2 aromatic rings. The summed E-state index contributed by atoms with van der Waals surface area (Å²) in [7, 11) is 0. The number of fused-ring (bicyclic) bond motifs is 1. The lowest BCUT2D eigenvalue weighted by Crippen LogP contribution is -2.29. The van der Waals surface area contributed by atoms with Gasteiger partial charge in [-0.05, 0) is 68.4 Å². The van der Waals surface area contributed by atoms with Gasteiger partial charge in [-0.25, -0.2) is 0 Å². The smallest absolute Gasteiger partial charge is 0.233 e. The van der Waals surface area contributed by atoms with Gasteiger partial charge in [0.25, 0.3) is 0 Å². The zero-order valence-corrected chi connectivity index (χ0v) is 11.9. The molecule has 0 radical (unpaired) electrons. The van der Waals surface area contributed by atoms with Gasteiger partial charge >= 0.3 is 0 Å². The normalized spacial score (nSPS) is 19.7. The van der Waals surface area contributed by atoms with Gasteiger partial charge in [0.05, 0.1) is 16.7 Å². The first-order valence-corrected chi connectivity index (χ1v) is 7.89. The van der Waals surface area contributed by atoms with Crippen molar-refractivity contribution in [3.05, 3.63) is 24.3 Å². The standard InChI is InChI=1S/C15H20N2OS/c1-2-8-14-13(7-1)15(17-19-14)18-10-4-6-12-5-3-9-16-11-12/h1-2,7-8,12,16H,3-6,9-11H2. The summed E-state index contributed by atoms with van der Waals surface area (Å²) < 4.78 is 11.4.